The molecule has 3 aromatic rings. The summed E-state index contributed by atoms with van der Waals surface area (Å²) in [6.07, 6.45) is 0. The molecular weight excluding hydrogens is 292 g/mol. The largest absolute Gasteiger partial charge is 0.508 e. The molecule has 2 aromatic carbocycles. The number of aromatic hydroxyl groups is 1. The van der Waals surface area contributed by atoms with E-state index in [0.29, 0.717) is 11.3 Å². The summed E-state index contributed by atoms with van der Waals surface area (Å²) in [6.45, 7) is 0. The molecule has 0 amide bonds. The Bertz CT molecular complexity index is 913. The second-order valence-corrected chi connectivity index (χ2v) is 5.02. The quantitative estimate of drug-likeness (QED) is 0.727. The Morgan fingerprint density at radius 3 is 2.22 bits per heavy atom. The molecule has 0 aliphatic carbocycles. The van der Waals surface area contributed by atoms with Gasteiger partial charge in [0.05, 0.1) is 11.3 Å². The van der Waals surface area contributed by atoms with Crippen LogP contribution in [-0.2, 0) is 0 Å². The Morgan fingerprint density at radius 2 is 1.57 bits per heavy atom. The first-order valence-corrected chi connectivity index (χ1v) is 6.98. The van der Waals surface area contributed by atoms with Crippen LogP contribution in [0.3, 0.4) is 0 Å². The van der Waals surface area contributed by atoms with Crippen LogP contribution >= 0.6 is 0 Å². The first-order chi connectivity index (χ1) is 11.1. The van der Waals surface area contributed by atoms with E-state index in [1.54, 1.807) is 36.4 Å². The second-order valence-electron chi connectivity index (χ2n) is 5.02. The molecule has 0 unspecified atom stereocenters. The van der Waals surface area contributed by atoms with Gasteiger partial charge < -0.3 is 10.8 Å². The molecular formula is C18H14N2O3. The molecule has 0 saturated carbocycles. The van der Waals surface area contributed by atoms with Crippen LogP contribution in [-0.4, -0.2) is 15.5 Å². The van der Waals surface area contributed by atoms with Gasteiger partial charge in [-0.15, -0.1) is 0 Å². The number of phenols is 1. The molecule has 0 radical (unpaired) electrons. The molecule has 0 atom stereocenters. The average Bonchev–Trinajstić information content (AvgIpc) is 2.57. The van der Waals surface area contributed by atoms with Crippen LogP contribution < -0.4 is 11.3 Å². The third-order valence-electron chi connectivity index (χ3n) is 3.52. The number of aromatic nitrogens is 1. The van der Waals surface area contributed by atoms with Crippen LogP contribution in [0.15, 0.2) is 71.5 Å². The Balaban J connectivity index is 2.15. The van der Waals surface area contributed by atoms with Crippen LogP contribution in [0.1, 0.15) is 15.9 Å². The SMILES string of the molecule is Nc1c(C(=O)c2ccccc2)ccc(=O)n1-c1ccc(O)cc1. The summed E-state index contributed by atoms with van der Waals surface area (Å²) in [5.41, 5.74) is 6.95. The highest BCUT2D eigenvalue weighted by molar-refractivity contribution is 6.11. The molecule has 5 heteroatoms. The van der Waals surface area contributed by atoms with Gasteiger partial charge in [0.25, 0.3) is 5.56 Å². The zero-order valence-electron chi connectivity index (χ0n) is 12.1. The maximum Gasteiger partial charge on any atom is 0.256 e. The van der Waals surface area contributed by atoms with Gasteiger partial charge in [-0.2, -0.15) is 0 Å². The number of carbonyl (C=O) groups is 1. The molecule has 0 bridgehead atoms. The van der Waals surface area contributed by atoms with Gasteiger partial charge in [0.1, 0.15) is 11.6 Å². The summed E-state index contributed by atoms with van der Waals surface area (Å²) in [7, 11) is 0. The first kappa shape index (κ1) is 14.6. The van der Waals surface area contributed by atoms with Gasteiger partial charge in [-0.05, 0) is 30.3 Å². The van der Waals surface area contributed by atoms with Crippen molar-refractivity contribution in [1.29, 1.82) is 0 Å². The van der Waals surface area contributed by atoms with E-state index in [1.165, 1.54) is 28.8 Å². The minimum atomic E-state index is -0.349. The second kappa shape index (κ2) is 5.81. The Kier molecular flexibility index (Phi) is 3.68. The van der Waals surface area contributed by atoms with Gasteiger partial charge in [-0.1, -0.05) is 30.3 Å². The van der Waals surface area contributed by atoms with Gasteiger partial charge >= 0.3 is 0 Å². The van der Waals surface area contributed by atoms with Crippen LogP contribution in [0.4, 0.5) is 5.82 Å². The summed E-state index contributed by atoms with van der Waals surface area (Å²) in [5.74, 6) is -0.107. The van der Waals surface area contributed by atoms with Crippen molar-refractivity contribution in [2.75, 3.05) is 5.73 Å². The highest BCUT2D eigenvalue weighted by atomic mass is 16.3. The van der Waals surface area contributed by atoms with Crippen LogP contribution in [0.2, 0.25) is 0 Å². The highest BCUT2D eigenvalue weighted by Gasteiger charge is 2.16. The lowest BCUT2D eigenvalue weighted by molar-refractivity contribution is 0.103. The number of benzene rings is 2. The van der Waals surface area contributed by atoms with Crippen LogP contribution in [0.25, 0.3) is 5.69 Å². The van der Waals surface area contributed by atoms with E-state index in [1.807, 2.05) is 6.07 Å². The van der Waals surface area contributed by atoms with Crippen molar-refractivity contribution < 1.29 is 9.90 Å². The zero-order valence-corrected chi connectivity index (χ0v) is 12.1. The Morgan fingerprint density at radius 1 is 0.913 bits per heavy atom. The fourth-order valence-electron chi connectivity index (χ4n) is 2.36. The van der Waals surface area contributed by atoms with Crippen molar-refractivity contribution in [3.8, 4) is 11.4 Å². The normalized spacial score (nSPS) is 10.4. The van der Waals surface area contributed by atoms with Crippen molar-refractivity contribution in [2.45, 2.75) is 0 Å². The van der Waals surface area contributed by atoms with Gasteiger partial charge in [0, 0.05) is 11.6 Å². The molecule has 3 rings (SSSR count). The van der Waals surface area contributed by atoms with E-state index in [-0.39, 0.29) is 28.5 Å². The van der Waals surface area contributed by atoms with E-state index >= 15 is 0 Å². The number of hydrogen-bond acceptors (Lipinski definition) is 4. The van der Waals surface area contributed by atoms with E-state index < -0.39 is 0 Å². The molecule has 23 heavy (non-hydrogen) atoms. The molecule has 1 heterocycles. The Labute approximate surface area is 132 Å². The minimum Gasteiger partial charge on any atom is -0.508 e. The van der Waals surface area contributed by atoms with Gasteiger partial charge in [-0.3, -0.25) is 14.2 Å². The maximum absolute atomic E-state index is 12.6. The molecule has 3 N–H and O–H groups in total. The molecule has 0 aliphatic heterocycles. The van der Waals surface area contributed by atoms with Crippen molar-refractivity contribution in [3.05, 3.63) is 88.2 Å². The van der Waals surface area contributed by atoms with Gasteiger partial charge in [0.2, 0.25) is 0 Å². The van der Waals surface area contributed by atoms with Crippen LogP contribution in [0.5, 0.6) is 5.75 Å². The number of carbonyl (C=O) groups excluding carboxylic acids is 1. The predicted molar refractivity (Wildman–Crippen MR) is 88.0 cm³/mol. The van der Waals surface area contributed by atoms with E-state index in [0.717, 1.165) is 0 Å². The van der Waals surface area contributed by atoms with Crippen LogP contribution in [0, 0.1) is 0 Å². The summed E-state index contributed by atoms with van der Waals surface area (Å²) < 4.78 is 1.25. The van der Waals surface area contributed by atoms with Crippen molar-refractivity contribution in [2.24, 2.45) is 0 Å². The highest BCUT2D eigenvalue weighted by Crippen LogP contribution is 2.20. The van der Waals surface area contributed by atoms with Crippen molar-refractivity contribution >= 4 is 11.6 Å². The lowest BCUT2D eigenvalue weighted by Gasteiger charge is -2.13. The molecule has 1 aromatic heterocycles. The molecule has 0 saturated heterocycles. The Hall–Kier alpha value is -3.34. The summed E-state index contributed by atoms with van der Waals surface area (Å²) in [5, 5.41) is 9.36. The summed E-state index contributed by atoms with van der Waals surface area (Å²) >= 11 is 0. The fraction of sp³-hybridized carbons (Fsp3) is 0. The first-order valence-electron chi connectivity index (χ1n) is 6.98. The molecule has 0 fully saturated rings. The van der Waals surface area contributed by atoms with Gasteiger partial charge in [-0.25, -0.2) is 0 Å². The van der Waals surface area contributed by atoms with E-state index in [4.69, 9.17) is 5.73 Å². The van der Waals surface area contributed by atoms with Crippen molar-refractivity contribution in [1.82, 2.24) is 4.57 Å². The maximum atomic E-state index is 12.6. The monoisotopic (exact) mass is 306 g/mol. The average molecular weight is 306 g/mol. The summed E-state index contributed by atoms with van der Waals surface area (Å²) in [4.78, 5) is 24.7. The summed E-state index contributed by atoms with van der Waals surface area (Å²) in [6, 6.07) is 17.5. The molecule has 114 valence electrons. The molecule has 0 aliphatic rings. The number of anilines is 1. The predicted octanol–water partition coefficient (Wildman–Crippen LogP) is 2.36. The number of hydrogen-bond donors (Lipinski definition) is 2. The fourth-order valence-corrected chi connectivity index (χ4v) is 2.36. The molecule has 0 spiro atoms. The standard InChI is InChI=1S/C18H14N2O3/c19-18-15(17(23)12-4-2-1-3-5-12)10-11-16(22)20(18)13-6-8-14(21)9-7-13/h1-11,21H,19H2. The number of ketones is 1. The van der Waals surface area contributed by atoms with E-state index in [9.17, 15) is 14.7 Å². The lowest BCUT2D eigenvalue weighted by atomic mass is 10.0. The minimum absolute atomic E-state index is 0.0667. The zero-order chi connectivity index (χ0) is 16.4. The van der Waals surface area contributed by atoms with E-state index in [2.05, 4.69) is 0 Å². The number of nitrogen functional groups attached to an aromatic ring is 1. The number of nitrogens with two attached hydrogens (primary N) is 1. The third-order valence-corrected chi connectivity index (χ3v) is 3.52. The third kappa shape index (κ3) is 2.72. The topological polar surface area (TPSA) is 85.3 Å². The smallest absolute Gasteiger partial charge is 0.256 e. The number of nitrogens with zero attached hydrogens (tertiary/aromatic N) is 1. The van der Waals surface area contributed by atoms with Gasteiger partial charge in [0.15, 0.2) is 5.78 Å². The molecule has 5 nitrogen and oxygen atoms in total. The number of pyridine rings is 1. The number of phenolic OH excluding ortho intramolecular Hbond substituents is 1. The van der Waals surface area contributed by atoms with Crippen molar-refractivity contribution in [3.63, 3.8) is 0 Å². The lowest BCUT2D eigenvalue weighted by Crippen LogP contribution is -2.23. The number of rotatable bonds is 3.